The van der Waals surface area contributed by atoms with E-state index in [4.69, 9.17) is 5.11 Å². The van der Waals surface area contributed by atoms with Gasteiger partial charge in [0.05, 0.1) is 0 Å². The topological polar surface area (TPSA) is 72.8 Å². The minimum Gasteiger partial charge on any atom is -0.475 e. The van der Waals surface area contributed by atoms with Crippen molar-refractivity contribution in [3.05, 3.63) is 0 Å². The van der Waals surface area contributed by atoms with Gasteiger partial charge in [0.2, 0.25) is 5.78 Å². The zero-order valence-electron chi connectivity index (χ0n) is 9.10. The van der Waals surface area contributed by atoms with Crippen molar-refractivity contribution in [1.29, 1.82) is 0 Å². The van der Waals surface area contributed by atoms with Crippen molar-refractivity contribution in [2.24, 2.45) is 0 Å². The van der Waals surface area contributed by atoms with Crippen LogP contribution in [0.5, 0.6) is 0 Å². The molecule has 0 unspecified atom stereocenters. The van der Waals surface area contributed by atoms with Crippen LogP contribution < -0.4 is 0 Å². The first kappa shape index (κ1) is 18.5. The number of carbonyl (C=O) groups excluding carboxylic acids is 1. The van der Waals surface area contributed by atoms with Gasteiger partial charge >= 0.3 is 30.4 Å². The van der Waals surface area contributed by atoms with Gasteiger partial charge in [0.25, 0.3) is 0 Å². The maximum atomic E-state index is 12.6. The van der Waals surface area contributed by atoms with Crippen molar-refractivity contribution >= 4 is 11.8 Å². The van der Waals surface area contributed by atoms with E-state index in [1.165, 1.54) is 0 Å². The summed E-state index contributed by atoms with van der Waals surface area (Å²) in [6.07, 6.45) is -24.1. The van der Waals surface area contributed by atoms with Gasteiger partial charge in [-0.2, -0.15) is 35.1 Å². The van der Waals surface area contributed by atoms with E-state index in [1.54, 1.807) is 0 Å². The zero-order chi connectivity index (χ0) is 16.6. The van der Waals surface area contributed by atoms with Crippen LogP contribution in [0.25, 0.3) is 0 Å². The number of hydrogen-bond acceptors (Lipinski definition) is 4. The highest BCUT2D eigenvalue weighted by Gasteiger charge is 2.69. The van der Waals surface area contributed by atoms with Crippen LogP contribution in [0.15, 0.2) is 0 Å². The second kappa shape index (κ2) is 5.12. The van der Waals surface area contributed by atoms with Gasteiger partial charge in [-0.3, -0.25) is 4.79 Å². The van der Waals surface area contributed by atoms with Gasteiger partial charge in [-0.25, -0.2) is 14.3 Å². The summed E-state index contributed by atoms with van der Waals surface area (Å²) in [5.74, 6) is -5.82. The third-order valence-corrected chi connectivity index (χ3v) is 1.51. The second-order valence-electron chi connectivity index (χ2n) is 3.13. The molecule has 0 radical (unpaired) electrons. The summed E-state index contributed by atoms with van der Waals surface area (Å²) in [5, 5.41) is 7.69. The lowest BCUT2D eigenvalue weighted by molar-refractivity contribution is -0.500. The molecule has 0 saturated carbocycles. The van der Waals surface area contributed by atoms with E-state index >= 15 is 0 Å². The van der Waals surface area contributed by atoms with Crippen molar-refractivity contribution in [2.75, 3.05) is 0 Å². The first-order valence-corrected chi connectivity index (χ1v) is 4.21. The molecule has 0 aromatic carbocycles. The molecular formula is C7H4F8O5. The molecule has 20 heavy (non-hydrogen) atoms. The number of carbonyl (C=O) groups is 2. The number of halogens is 8. The van der Waals surface area contributed by atoms with Crippen LogP contribution in [0.2, 0.25) is 0 Å². The van der Waals surface area contributed by atoms with Crippen LogP contribution in [0, 0.1) is 0 Å². The molecule has 0 atom stereocenters. The molecule has 0 rings (SSSR count). The third kappa shape index (κ3) is 4.00. The summed E-state index contributed by atoms with van der Waals surface area (Å²) < 4.78 is 104. The molecule has 5 nitrogen and oxygen atoms in total. The van der Waals surface area contributed by atoms with Crippen molar-refractivity contribution in [3.8, 4) is 0 Å². The fourth-order valence-electron chi connectivity index (χ4n) is 0.556. The number of ketones is 1. The summed E-state index contributed by atoms with van der Waals surface area (Å²) in [7, 11) is 0. The molecule has 0 amide bonds. The van der Waals surface area contributed by atoms with Crippen LogP contribution in [-0.2, 0) is 19.1 Å². The van der Waals surface area contributed by atoms with Crippen LogP contribution >= 0.6 is 0 Å². The predicted octanol–water partition coefficient (Wildman–Crippen LogP) is 2.06. The van der Waals surface area contributed by atoms with Gasteiger partial charge in [-0.1, -0.05) is 0 Å². The quantitative estimate of drug-likeness (QED) is 0.727. The molecule has 1 N–H and O–H groups in total. The predicted molar refractivity (Wildman–Crippen MR) is 40.3 cm³/mol. The third-order valence-electron chi connectivity index (χ3n) is 1.51. The number of carboxylic acids is 1. The summed E-state index contributed by atoms with van der Waals surface area (Å²) >= 11 is 0. The lowest BCUT2D eigenvalue weighted by Crippen LogP contribution is -2.54. The van der Waals surface area contributed by atoms with E-state index in [2.05, 4.69) is 4.74 Å². The monoisotopic (exact) mass is 320 g/mol. The van der Waals surface area contributed by atoms with Gasteiger partial charge in [0, 0.05) is 6.92 Å². The Bertz CT molecular complexity index is 368. The van der Waals surface area contributed by atoms with Gasteiger partial charge in [0.1, 0.15) is 0 Å². The maximum absolute atomic E-state index is 12.6. The number of Topliss-reactive ketones (excluding diaryl/α,β-unsaturated/α-hetero) is 1. The maximum Gasteiger partial charge on any atom is 0.460 e. The van der Waals surface area contributed by atoms with E-state index in [-0.39, 0.29) is 6.92 Å². The molecule has 0 aliphatic carbocycles. The molecule has 0 fully saturated rings. The van der Waals surface area contributed by atoms with Gasteiger partial charge in [0.15, 0.2) is 0 Å². The largest absolute Gasteiger partial charge is 0.475 e. The SMILES string of the molecule is CC(=O)C(F)(F)OC(F)(F)C(F)(F)OC(F)(F)C(=O)O. The summed E-state index contributed by atoms with van der Waals surface area (Å²) in [6.45, 7) is -0.0130. The number of aliphatic carboxylic acids is 1. The Morgan fingerprint density at radius 1 is 0.800 bits per heavy atom. The molecule has 0 spiro atoms. The highest BCUT2D eigenvalue weighted by Crippen LogP contribution is 2.43. The minimum absolute atomic E-state index is 0.0130. The Balaban J connectivity index is 5.27. The van der Waals surface area contributed by atoms with E-state index in [1.807, 2.05) is 4.74 Å². The Hall–Kier alpha value is -1.50. The summed E-state index contributed by atoms with van der Waals surface area (Å²) in [4.78, 5) is 19.9. The number of alkyl halides is 8. The van der Waals surface area contributed by atoms with Crippen molar-refractivity contribution in [2.45, 2.75) is 31.4 Å². The molecule has 13 heteroatoms. The Morgan fingerprint density at radius 3 is 1.35 bits per heavy atom. The van der Waals surface area contributed by atoms with Crippen LogP contribution in [0.3, 0.4) is 0 Å². The van der Waals surface area contributed by atoms with Crippen LogP contribution in [0.4, 0.5) is 35.1 Å². The molecule has 118 valence electrons. The van der Waals surface area contributed by atoms with Crippen molar-refractivity contribution in [1.82, 2.24) is 0 Å². The molecule has 0 aromatic rings. The average molecular weight is 320 g/mol. The van der Waals surface area contributed by atoms with E-state index < -0.39 is 36.2 Å². The lowest BCUT2D eigenvalue weighted by Gasteiger charge is -2.29. The van der Waals surface area contributed by atoms with Gasteiger partial charge in [-0.05, 0) is 0 Å². The van der Waals surface area contributed by atoms with Crippen molar-refractivity contribution in [3.63, 3.8) is 0 Å². The van der Waals surface area contributed by atoms with E-state index in [9.17, 15) is 44.7 Å². The van der Waals surface area contributed by atoms with Gasteiger partial charge < -0.3 is 5.11 Å². The number of carboxylic acid groups (broad SMARTS) is 1. The van der Waals surface area contributed by atoms with E-state index in [0.717, 1.165) is 0 Å². The van der Waals surface area contributed by atoms with Crippen molar-refractivity contribution < 1.29 is 59.3 Å². The first-order chi connectivity index (χ1) is 8.55. The normalized spacial score (nSPS) is 14.2. The Labute approximate surface area is 104 Å². The fourth-order valence-corrected chi connectivity index (χ4v) is 0.556. The fraction of sp³-hybridized carbons (Fsp3) is 0.714. The number of ether oxygens (including phenoxy) is 2. The van der Waals surface area contributed by atoms with Gasteiger partial charge in [-0.15, -0.1) is 0 Å². The smallest absolute Gasteiger partial charge is 0.460 e. The van der Waals surface area contributed by atoms with E-state index in [0.29, 0.717) is 0 Å². The number of hydrogen-bond donors (Lipinski definition) is 1. The zero-order valence-corrected chi connectivity index (χ0v) is 9.10. The molecular weight excluding hydrogens is 316 g/mol. The minimum atomic E-state index is -6.46. The highest BCUT2D eigenvalue weighted by molar-refractivity contribution is 5.81. The van der Waals surface area contributed by atoms with Crippen LogP contribution in [0.1, 0.15) is 6.92 Å². The number of rotatable bonds is 7. The standard InChI is InChI=1S/C7H4F8O5/c1-2(16)4(8,9)19-6(12,13)7(14,15)20-5(10,11)3(17)18/h1H3,(H,17,18). The lowest BCUT2D eigenvalue weighted by atomic mass is 10.4. The Kier molecular flexibility index (Phi) is 4.74. The molecule has 0 aromatic heterocycles. The second-order valence-corrected chi connectivity index (χ2v) is 3.13. The highest BCUT2D eigenvalue weighted by atomic mass is 19.3. The van der Waals surface area contributed by atoms with Crippen LogP contribution in [-0.4, -0.2) is 41.3 Å². The molecule has 0 saturated heterocycles. The molecule has 0 heterocycles. The summed E-state index contributed by atoms with van der Waals surface area (Å²) in [6, 6.07) is 0. The molecule has 0 aliphatic rings. The average Bonchev–Trinajstić information content (AvgIpc) is 2.12. The summed E-state index contributed by atoms with van der Waals surface area (Å²) in [5.41, 5.74) is 0. The molecule has 0 aliphatic heterocycles. The Morgan fingerprint density at radius 2 is 1.10 bits per heavy atom. The molecule has 0 bridgehead atoms. The first-order valence-electron chi connectivity index (χ1n) is 4.21.